The van der Waals surface area contributed by atoms with Crippen molar-refractivity contribution in [1.82, 2.24) is 9.88 Å². The third kappa shape index (κ3) is 5.15. The van der Waals surface area contributed by atoms with E-state index < -0.39 is 41.7 Å². The second-order valence-electron chi connectivity index (χ2n) is 5.26. The second kappa shape index (κ2) is 7.47. The fourth-order valence-electron chi connectivity index (χ4n) is 2.08. The molecule has 0 fully saturated rings. The van der Waals surface area contributed by atoms with Gasteiger partial charge in [0.2, 0.25) is 5.91 Å². The highest BCUT2D eigenvalue weighted by molar-refractivity contribution is 5.75. The van der Waals surface area contributed by atoms with Gasteiger partial charge in [0.1, 0.15) is 12.4 Å². The number of nitrogens with one attached hydrogen (secondary N) is 1. The minimum absolute atomic E-state index is 0.233. The average molecular weight is 358 g/mol. The van der Waals surface area contributed by atoms with E-state index in [1.54, 1.807) is 0 Å². The molecule has 0 bridgehead atoms. The van der Waals surface area contributed by atoms with Crippen molar-refractivity contribution in [3.8, 4) is 0 Å². The van der Waals surface area contributed by atoms with Gasteiger partial charge in [-0.1, -0.05) is 12.1 Å². The van der Waals surface area contributed by atoms with E-state index in [2.05, 4.69) is 5.32 Å². The number of carbonyl (C=O) groups is 1. The third-order valence-electron chi connectivity index (χ3n) is 3.35. The molecule has 2 aromatic rings. The molecular formula is C16H14F4N2O3. The Morgan fingerprint density at radius 2 is 1.96 bits per heavy atom. The van der Waals surface area contributed by atoms with Crippen molar-refractivity contribution in [3.63, 3.8) is 0 Å². The second-order valence-corrected chi connectivity index (χ2v) is 5.26. The highest BCUT2D eigenvalue weighted by atomic mass is 19.4. The van der Waals surface area contributed by atoms with Crippen LogP contribution in [0.15, 0.2) is 47.4 Å². The number of aliphatic hydroxyl groups excluding tert-OH is 1. The van der Waals surface area contributed by atoms with Crippen LogP contribution in [-0.2, 0) is 17.5 Å². The van der Waals surface area contributed by atoms with Gasteiger partial charge >= 0.3 is 6.18 Å². The summed E-state index contributed by atoms with van der Waals surface area (Å²) < 4.78 is 51.6. The molecule has 0 aliphatic carbocycles. The molecule has 0 aliphatic rings. The first-order valence-electron chi connectivity index (χ1n) is 7.15. The van der Waals surface area contributed by atoms with Crippen LogP contribution in [0.5, 0.6) is 0 Å². The molecule has 1 unspecified atom stereocenters. The molecule has 25 heavy (non-hydrogen) atoms. The summed E-state index contributed by atoms with van der Waals surface area (Å²) in [5.41, 5.74) is -1.59. The maximum absolute atomic E-state index is 13.1. The molecular weight excluding hydrogens is 344 g/mol. The van der Waals surface area contributed by atoms with Gasteiger partial charge in [-0.3, -0.25) is 9.59 Å². The maximum atomic E-state index is 13.1. The predicted molar refractivity (Wildman–Crippen MR) is 80.1 cm³/mol. The number of amides is 1. The Labute approximate surface area is 139 Å². The molecule has 1 atom stereocenters. The Kier molecular flexibility index (Phi) is 5.58. The first-order valence-corrected chi connectivity index (χ1v) is 7.15. The monoisotopic (exact) mass is 358 g/mol. The molecule has 1 aromatic carbocycles. The average Bonchev–Trinajstić information content (AvgIpc) is 2.53. The maximum Gasteiger partial charge on any atom is 0.417 e. The number of hydrogen-bond acceptors (Lipinski definition) is 3. The van der Waals surface area contributed by atoms with Crippen molar-refractivity contribution in [2.24, 2.45) is 0 Å². The van der Waals surface area contributed by atoms with Crippen molar-refractivity contribution < 1.29 is 27.5 Å². The number of nitrogens with zero attached hydrogens (tertiary/aromatic N) is 1. The van der Waals surface area contributed by atoms with E-state index in [1.165, 1.54) is 18.2 Å². The quantitative estimate of drug-likeness (QED) is 0.802. The molecule has 0 spiro atoms. The first kappa shape index (κ1) is 18.7. The Morgan fingerprint density at radius 3 is 2.60 bits per heavy atom. The van der Waals surface area contributed by atoms with Crippen molar-refractivity contribution >= 4 is 5.91 Å². The van der Waals surface area contributed by atoms with Crippen molar-refractivity contribution in [2.75, 3.05) is 6.54 Å². The van der Waals surface area contributed by atoms with E-state index in [4.69, 9.17) is 0 Å². The minimum atomic E-state index is -4.64. The molecule has 0 saturated heterocycles. The summed E-state index contributed by atoms with van der Waals surface area (Å²) in [6.07, 6.45) is -5.29. The van der Waals surface area contributed by atoms with Crippen LogP contribution in [-0.4, -0.2) is 22.1 Å². The summed E-state index contributed by atoms with van der Waals surface area (Å²) >= 11 is 0. The zero-order valence-corrected chi connectivity index (χ0v) is 12.8. The van der Waals surface area contributed by atoms with Gasteiger partial charge in [0.05, 0.1) is 11.7 Å². The number of rotatable bonds is 5. The summed E-state index contributed by atoms with van der Waals surface area (Å²) in [6, 6.07) is 6.47. The summed E-state index contributed by atoms with van der Waals surface area (Å²) in [5.74, 6) is -1.32. The van der Waals surface area contributed by atoms with Crippen LogP contribution in [0.4, 0.5) is 17.6 Å². The number of hydrogen-bond donors (Lipinski definition) is 2. The number of carbonyl (C=O) groups excluding carboxylic acids is 1. The molecule has 0 saturated carbocycles. The van der Waals surface area contributed by atoms with Crippen LogP contribution in [0.1, 0.15) is 17.2 Å². The Bertz CT molecular complexity index is 818. The molecule has 1 heterocycles. The van der Waals surface area contributed by atoms with Gasteiger partial charge in [-0.2, -0.15) is 13.2 Å². The van der Waals surface area contributed by atoms with Crippen LogP contribution in [0.25, 0.3) is 0 Å². The molecule has 9 heteroatoms. The number of benzene rings is 1. The van der Waals surface area contributed by atoms with Crippen molar-refractivity contribution in [1.29, 1.82) is 0 Å². The number of aliphatic hydroxyl groups is 1. The van der Waals surface area contributed by atoms with E-state index in [0.717, 1.165) is 12.1 Å². The van der Waals surface area contributed by atoms with Crippen LogP contribution in [0.3, 0.4) is 0 Å². The van der Waals surface area contributed by atoms with Crippen LogP contribution < -0.4 is 10.9 Å². The molecule has 0 radical (unpaired) electrons. The predicted octanol–water partition coefficient (Wildman–Crippen LogP) is 1.86. The fourth-order valence-corrected chi connectivity index (χ4v) is 2.08. The zero-order valence-electron chi connectivity index (χ0n) is 12.8. The fraction of sp³-hybridized carbons (Fsp3) is 0.250. The number of halogens is 4. The molecule has 134 valence electrons. The summed E-state index contributed by atoms with van der Waals surface area (Å²) in [7, 11) is 0. The van der Waals surface area contributed by atoms with Gasteiger partial charge in [-0.25, -0.2) is 4.39 Å². The number of aromatic nitrogens is 1. The smallest absolute Gasteiger partial charge is 0.387 e. The lowest BCUT2D eigenvalue weighted by molar-refractivity contribution is -0.138. The molecule has 2 rings (SSSR count). The van der Waals surface area contributed by atoms with E-state index >= 15 is 0 Å². The Morgan fingerprint density at radius 1 is 1.24 bits per heavy atom. The molecule has 0 aliphatic heterocycles. The molecule has 2 N–H and O–H groups in total. The van der Waals surface area contributed by atoms with Gasteiger partial charge < -0.3 is 15.0 Å². The van der Waals surface area contributed by atoms with E-state index in [1.807, 2.05) is 0 Å². The lowest BCUT2D eigenvalue weighted by atomic mass is 10.1. The summed E-state index contributed by atoms with van der Waals surface area (Å²) in [4.78, 5) is 23.3. The van der Waals surface area contributed by atoms with Gasteiger partial charge in [-0.05, 0) is 23.8 Å². The highest BCUT2D eigenvalue weighted by Gasteiger charge is 2.31. The number of alkyl halides is 3. The van der Waals surface area contributed by atoms with Gasteiger partial charge in [0.25, 0.3) is 5.56 Å². The lowest BCUT2D eigenvalue weighted by Gasteiger charge is -2.14. The standard InChI is InChI=1S/C16H14F4N2O3/c17-12-3-1-2-10(6-12)13(23)7-21-14(24)9-22-8-11(16(18,19)20)4-5-15(22)25/h1-6,8,13,23H,7,9H2,(H,21,24). The summed E-state index contributed by atoms with van der Waals surface area (Å²) in [5, 5.41) is 12.1. The van der Waals surface area contributed by atoms with Crippen molar-refractivity contribution in [3.05, 3.63) is 69.9 Å². The Balaban J connectivity index is 2.00. The SMILES string of the molecule is O=C(Cn1cc(C(F)(F)F)ccc1=O)NCC(O)c1cccc(F)c1. The lowest BCUT2D eigenvalue weighted by Crippen LogP contribution is -2.34. The minimum Gasteiger partial charge on any atom is -0.387 e. The van der Waals surface area contributed by atoms with Gasteiger partial charge in [0, 0.05) is 18.8 Å². The van der Waals surface area contributed by atoms with E-state index in [-0.39, 0.29) is 12.1 Å². The largest absolute Gasteiger partial charge is 0.417 e. The topological polar surface area (TPSA) is 71.3 Å². The van der Waals surface area contributed by atoms with Crippen LogP contribution >= 0.6 is 0 Å². The van der Waals surface area contributed by atoms with E-state index in [0.29, 0.717) is 16.8 Å². The normalized spacial score (nSPS) is 12.7. The van der Waals surface area contributed by atoms with Crippen molar-refractivity contribution in [2.45, 2.75) is 18.8 Å². The molecule has 1 aromatic heterocycles. The third-order valence-corrected chi connectivity index (χ3v) is 3.35. The number of pyridine rings is 1. The first-order chi connectivity index (χ1) is 11.7. The van der Waals surface area contributed by atoms with Gasteiger partial charge in [0.15, 0.2) is 0 Å². The van der Waals surface area contributed by atoms with Crippen LogP contribution in [0.2, 0.25) is 0 Å². The molecule has 1 amide bonds. The van der Waals surface area contributed by atoms with E-state index in [9.17, 15) is 32.3 Å². The van der Waals surface area contributed by atoms with Crippen LogP contribution in [0, 0.1) is 5.82 Å². The zero-order chi connectivity index (χ0) is 18.6. The summed E-state index contributed by atoms with van der Waals surface area (Å²) in [6.45, 7) is -0.922. The highest BCUT2D eigenvalue weighted by Crippen LogP contribution is 2.27. The van der Waals surface area contributed by atoms with Gasteiger partial charge in [-0.15, -0.1) is 0 Å². The Hall–Kier alpha value is -2.68. The molecule has 5 nitrogen and oxygen atoms in total.